The van der Waals surface area contributed by atoms with E-state index in [1.165, 1.54) is 4.90 Å². The quantitative estimate of drug-likeness (QED) is 0.858. The van der Waals surface area contributed by atoms with Gasteiger partial charge in [-0.2, -0.15) is 4.99 Å². The van der Waals surface area contributed by atoms with Crippen LogP contribution in [0.15, 0.2) is 42.5 Å². The second kappa shape index (κ2) is 6.89. The van der Waals surface area contributed by atoms with Gasteiger partial charge >= 0.3 is 11.9 Å². The lowest BCUT2D eigenvalue weighted by atomic mass is 10.1. The zero-order valence-electron chi connectivity index (χ0n) is 14.6. The molecule has 1 heterocycles. The first-order chi connectivity index (χ1) is 12.0. The lowest BCUT2D eigenvalue weighted by Gasteiger charge is -2.14. The summed E-state index contributed by atoms with van der Waals surface area (Å²) in [6, 6.07) is 13.6. The van der Waals surface area contributed by atoms with E-state index in [9.17, 15) is 9.59 Å². The molecule has 0 radical (unpaired) electrons. The molecule has 0 saturated carbocycles. The average Bonchev–Trinajstić information content (AvgIpc) is 2.82. The van der Waals surface area contributed by atoms with E-state index in [0.29, 0.717) is 12.3 Å². The van der Waals surface area contributed by atoms with Crippen LogP contribution in [0.2, 0.25) is 0 Å². The van der Waals surface area contributed by atoms with Gasteiger partial charge in [0.1, 0.15) is 6.54 Å². The van der Waals surface area contributed by atoms with Crippen molar-refractivity contribution in [3.05, 3.63) is 59.2 Å². The Kier molecular flexibility index (Phi) is 4.65. The molecule has 0 atom stereocenters. The Bertz CT molecular complexity index is 854. The number of anilines is 1. The zero-order chi connectivity index (χ0) is 18.0. The molecule has 2 aromatic rings. The van der Waals surface area contributed by atoms with Crippen molar-refractivity contribution in [3.8, 4) is 0 Å². The van der Waals surface area contributed by atoms with Crippen LogP contribution in [-0.4, -0.2) is 30.7 Å². The number of hydrogen-bond acceptors (Lipinski definition) is 3. The van der Waals surface area contributed by atoms with Crippen molar-refractivity contribution in [2.45, 2.75) is 20.8 Å². The van der Waals surface area contributed by atoms with E-state index in [1.54, 1.807) is 6.92 Å². The molecule has 1 aliphatic rings. The molecule has 25 heavy (non-hydrogen) atoms. The third-order valence-electron chi connectivity index (χ3n) is 4.08. The molecule has 5 heteroatoms. The van der Waals surface area contributed by atoms with Crippen molar-refractivity contribution in [1.82, 2.24) is 0 Å². The number of fused-ring (bicyclic) bond motifs is 1. The van der Waals surface area contributed by atoms with Gasteiger partial charge in [-0.15, -0.1) is 0 Å². The van der Waals surface area contributed by atoms with Gasteiger partial charge in [0.05, 0.1) is 17.9 Å². The van der Waals surface area contributed by atoms with E-state index in [4.69, 9.17) is 4.74 Å². The smallest absolute Gasteiger partial charge is 0.326 e. The largest absolute Gasteiger partial charge is 0.465 e. The number of hydrogen-bond donors (Lipinski definition) is 1. The Balaban J connectivity index is 2.02. The predicted molar refractivity (Wildman–Crippen MR) is 96.1 cm³/mol. The first kappa shape index (κ1) is 16.9. The molecule has 1 amide bonds. The van der Waals surface area contributed by atoms with Gasteiger partial charge in [0.2, 0.25) is 5.69 Å². The second-order valence-electron chi connectivity index (χ2n) is 6.08. The maximum absolute atomic E-state index is 12.9. The number of esters is 1. The van der Waals surface area contributed by atoms with Crippen LogP contribution in [0, 0.1) is 13.8 Å². The van der Waals surface area contributed by atoms with Gasteiger partial charge in [0, 0.05) is 12.1 Å². The Morgan fingerprint density at radius 3 is 2.44 bits per heavy atom. The van der Waals surface area contributed by atoms with Gasteiger partial charge in [-0.1, -0.05) is 29.3 Å². The van der Waals surface area contributed by atoms with E-state index in [1.807, 2.05) is 56.3 Å². The molecule has 0 saturated heterocycles. The highest BCUT2D eigenvalue weighted by atomic mass is 16.5. The third-order valence-corrected chi connectivity index (χ3v) is 4.08. The average molecular weight is 337 g/mol. The fourth-order valence-corrected chi connectivity index (χ4v) is 2.84. The van der Waals surface area contributed by atoms with Crippen molar-refractivity contribution in [2.75, 3.05) is 18.1 Å². The molecule has 0 aromatic heterocycles. The molecular formula is C20H21N2O3+. The van der Waals surface area contributed by atoms with Crippen LogP contribution in [0.25, 0.3) is 0 Å². The van der Waals surface area contributed by atoms with Gasteiger partial charge in [-0.25, -0.2) is 0 Å². The molecule has 0 bridgehead atoms. The summed E-state index contributed by atoms with van der Waals surface area (Å²) in [6.45, 7) is 5.93. The van der Waals surface area contributed by atoms with Gasteiger partial charge in [-0.3, -0.25) is 14.5 Å². The van der Waals surface area contributed by atoms with Gasteiger partial charge in [0.25, 0.3) is 5.71 Å². The molecule has 0 fully saturated rings. The van der Waals surface area contributed by atoms with Gasteiger partial charge < -0.3 is 4.74 Å². The molecule has 1 N–H and O–H groups in total. The van der Waals surface area contributed by atoms with Crippen molar-refractivity contribution < 1.29 is 19.3 Å². The normalized spacial score (nSPS) is 14.8. The number of benzene rings is 2. The van der Waals surface area contributed by atoms with E-state index >= 15 is 0 Å². The third kappa shape index (κ3) is 3.45. The monoisotopic (exact) mass is 337 g/mol. The lowest BCUT2D eigenvalue weighted by Crippen LogP contribution is -2.69. The summed E-state index contributed by atoms with van der Waals surface area (Å²) in [6.07, 6.45) is 0. The van der Waals surface area contributed by atoms with Crippen molar-refractivity contribution in [2.24, 2.45) is 0 Å². The Hall–Kier alpha value is -2.95. The van der Waals surface area contributed by atoms with Crippen LogP contribution < -0.4 is 9.89 Å². The summed E-state index contributed by atoms with van der Waals surface area (Å²) in [7, 11) is 0. The number of nitrogens with one attached hydrogen (secondary N) is 1. The predicted octanol–water partition coefficient (Wildman–Crippen LogP) is 1.41. The topological polar surface area (TPSA) is 60.6 Å². The summed E-state index contributed by atoms with van der Waals surface area (Å²) < 4.78 is 5.00. The number of carbonyl (C=O) groups is 2. The summed E-state index contributed by atoms with van der Waals surface area (Å²) in [5, 5.41) is 0. The summed E-state index contributed by atoms with van der Waals surface area (Å²) >= 11 is 0. The highest BCUT2D eigenvalue weighted by Crippen LogP contribution is 2.28. The molecular weight excluding hydrogens is 316 g/mol. The maximum atomic E-state index is 12.9. The molecule has 2 aromatic carbocycles. The van der Waals surface area contributed by atoms with Gasteiger partial charge in [-0.05, 0) is 32.9 Å². The molecule has 0 unspecified atom stereocenters. The highest BCUT2D eigenvalue weighted by Gasteiger charge is 2.39. The van der Waals surface area contributed by atoms with E-state index < -0.39 is 5.97 Å². The number of carbonyl (C=O) groups excluding carboxylic acids is 2. The number of rotatable bonds is 4. The SMILES string of the molecule is CCOC(=O)CN1C(=O)C(=[NH+]c2ccc(C)cc2)c2cc(C)ccc21. The molecule has 3 rings (SSSR count). The van der Waals surface area contributed by atoms with E-state index in [-0.39, 0.29) is 12.5 Å². The molecule has 128 valence electrons. The van der Waals surface area contributed by atoms with Crippen molar-refractivity contribution >= 4 is 29.0 Å². The summed E-state index contributed by atoms with van der Waals surface area (Å²) in [5.74, 6) is -0.645. The van der Waals surface area contributed by atoms with Crippen LogP contribution in [0.4, 0.5) is 11.4 Å². The Labute approximate surface area is 146 Å². The number of nitrogens with zero attached hydrogens (tertiary/aromatic N) is 1. The Morgan fingerprint density at radius 1 is 1.08 bits per heavy atom. The zero-order valence-corrected chi connectivity index (χ0v) is 14.6. The fourth-order valence-electron chi connectivity index (χ4n) is 2.84. The number of aryl methyl sites for hydroxylation is 2. The maximum Gasteiger partial charge on any atom is 0.326 e. The minimum Gasteiger partial charge on any atom is -0.465 e. The van der Waals surface area contributed by atoms with Crippen molar-refractivity contribution in [1.29, 1.82) is 0 Å². The van der Waals surface area contributed by atoms with Crippen LogP contribution in [-0.2, 0) is 14.3 Å². The van der Waals surface area contributed by atoms with Crippen LogP contribution in [0.5, 0.6) is 0 Å². The molecule has 0 spiro atoms. The first-order valence-corrected chi connectivity index (χ1v) is 8.28. The number of ether oxygens (including phenoxy) is 1. The minimum absolute atomic E-state index is 0.0954. The Morgan fingerprint density at radius 2 is 1.76 bits per heavy atom. The van der Waals surface area contributed by atoms with Crippen LogP contribution >= 0.6 is 0 Å². The van der Waals surface area contributed by atoms with E-state index in [0.717, 1.165) is 28.1 Å². The van der Waals surface area contributed by atoms with Crippen molar-refractivity contribution in [3.63, 3.8) is 0 Å². The molecule has 0 aliphatic carbocycles. The second-order valence-corrected chi connectivity index (χ2v) is 6.08. The van der Waals surface area contributed by atoms with Crippen LogP contribution in [0.3, 0.4) is 0 Å². The molecule has 1 aliphatic heterocycles. The first-order valence-electron chi connectivity index (χ1n) is 8.28. The van der Waals surface area contributed by atoms with Gasteiger partial charge in [0.15, 0.2) is 0 Å². The standard InChI is InChI=1S/C20H20N2O3/c1-4-25-18(23)12-22-17-10-7-14(3)11-16(17)19(20(22)24)21-15-8-5-13(2)6-9-15/h5-11H,4,12H2,1-3H3/p+1. The summed E-state index contributed by atoms with van der Waals surface area (Å²) in [4.78, 5) is 29.5. The highest BCUT2D eigenvalue weighted by molar-refractivity contribution is 6.52. The summed E-state index contributed by atoms with van der Waals surface area (Å²) in [5.41, 5.74) is 5.03. The lowest BCUT2D eigenvalue weighted by molar-refractivity contribution is -0.352. The van der Waals surface area contributed by atoms with E-state index in [2.05, 4.69) is 4.99 Å². The fraction of sp³-hybridized carbons (Fsp3) is 0.250. The minimum atomic E-state index is -0.418. The number of amides is 1. The van der Waals surface area contributed by atoms with Crippen LogP contribution in [0.1, 0.15) is 23.6 Å². The molecule has 5 nitrogen and oxygen atoms in total.